The highest BCUT2D eigenvalue weighted by Crippen LogP contribution is 2.57. The average molecular weight is 339 g/mol. The zero-order valence-electron chi connectivity index (χ0n) is 12.0. The fourth-order valence-electron chi connectivity index (χ4n) is 2.00. The van der Waals surface area contributed by atoms with Crippen molar-refractivity contribution >= 4 is 6.03 Å². The van der Waals surface area contributed by atoms with Gasteiger partial charge in [0.15, 0.2) is 0 Å². The largest absolute Gasteiger partial charge is 0.417 e. The van der Waals surface area contributed by atoms with Gasteiger partial charge in [-0.1, -0.05) is 0 Å². The lowest BCUT2D eigenvalue weighted by Gasteiger charge is -2.16. The van der Waals surface area contributed by atoms with Crippen LogP contribution >= 0.6 is 0 Å². The van der Waals surface area contributed by atoms with Crippen LogP contribution in [0.15, 0.2) is 18.3 Å². The Bertz CT molecular complexity index is 581. The number of alkyl halides is 5. The summed E-state index contributed by atoms with van der Waals surface area (Å²) >= 11 is 0. The third-order valence-corrected chi connectivity index (χ3v) is 3.65. The maximum Gasteiger partial charge on any atom is 0.396 e. The van der Waals surface area contributed by atoms with Crippen LogP contribution < -0.4 is 15.4 Å². The van der Waals surface area contributed by atoms with Crippen molar-refractivity contribution in [1.82, 2.24) is 15.6 Å². The van der Waals surface area contributed by atoms with E-state index < -0.39 is 30.3 Å². The highest BCUT2D eigenvalue weighted by molar-refractivity contribution is 5.74. The van der Waals surface area contributed by atoms with Crippen molar-refractivity contribution in [3.63, 3.8) is 0 Å². The molecular weight excluding hydrogens is 325 g/mol. The predicted octanol–water partition coefficient (Wildman–Crippen LogP) is 2.82. The topological polar surface area (TPSA) is 63.2 Å². The average Bonchev–Trinajstić information content (AvgIpc) is 3.08. The second kappa shape index (κ2) is 6.17. The van der Waals surface area contributed by atoms with Crippen LogP contribution in [0.25, 0.3) is 0 Å². The van der Waals surface area contributed by atoms with E-state index in [1.165, 1.54) is 18.3 Å². The number of nitrogens with one attached hydrogen (secondary N) is 2. The fraction of sp³-hybridized carbons (Fsp3) is 0.538. The molecule has 1 heterocycles. The molecule has 0 aromatic carbocycles. The fourth-order valence-corrected chi connectivity index (χ4v) is 2.00. The van der Waals surface area contributed by atoms with E-state index in [0.29, 0.717) is 5.56 Å². The van der Waals surface area contributed by atoms with Crippen molar-refractivity contribution in [2.24, 2.45) is 5.41 Å². The lowest BCUT2D eigenvalue weighted by molar-refractivity contribution is -0.183. The number of halogens is 5. The molecule has 2 amide bonds. The zero-order chi connectivity index (χ0) is 17.3. The van der Waals surface area contributed by atoms with Gasteiger partial charge in [-0.05, 0) is 25.0 Å². The van der Waals surface area contributed by atoms with E-state index in [0.717, 1.165) is 6.92 Å². The van der Waals surface area contributed by atoms with Gasteiger partial charge in [-0.25, -0.2) is 9.78 Å². The van der Waals surface area contributed by atoms with E-state index in [1.54, 1.807) is 0 Å². The highest BCUT2D eigenvalue weighted by atomic mass is 19.4. The quantitative estimate of drug-likeness (QED) is 0.811. The Kier molecular flexibility index (Phi) is 4.62. The molecular formula is C13H14F5N3O2. The Balaban J connectivity index is 1.82. The Labute approximate surface area is 128 Å². The Morgan fingerprint density at radius 3 is 2.78 bits per heavy atom. The van der Waals surface area contributed by atoms with Crippen molar-refractivity contribution < 1.29 is 31.5 Å². The molecule has 2 rings (SSSR count). The Morgan fingerprint density at radius 1 is 1.52 bits per heavy atom. The van der Waals surface area contributed by atoms with Crippen LogP contribution in [0.4, 0.5) is 26.7 Å². The van der Waals surface area contributed by atoms with Crippen molar-refractivity contribution in [2.75, 3.05) is 0 Å². The number of amides is 2. The molecule has 0 aliphatic heterocycles. The maximum absolute atomic E-state index is 12.7. The molecule has 128 valence electrons. The van der Waals surface area contributed by atoms with Crippen molar-refractivity contribution in [3.8, 4) is 5.88 Å². The van der Waals surface area contributed by atoms with Crippen LogP contribution in [0.1, 0.15) is 18.9 Å². The molecule has 1 aliphatic carbocycles. The van der Waals surface area contributed by atoms with Gasteiger partial charge in [-0.2, -0.15) is 22.0 Å². The second-order valence-corrected chi connectivity index (χ2v) is 5.38. The molecule has 1 fully saturated rings. The number of rotatable bonds is 5. The summed E-state index contributed by atoms with van der Waals surface area (Å²) in [5.74, 6) is -0.313. The molecule has 2 atom stereocenters. The van der Waals surface area contributed by atoms with E-state index >= 15 is 0 Å². The molecule has 2 N–H and O–H groups in total. The first-order valence-corrected chi connectivity index (χ1v) is 6.62. The SMILES string of the molecule is CC1(C(F)(F)F)CC1NC(=O)NCc1ccnc(OC(F)F)c1. The third kappa shape index (κ3) is 4.20. The molecule has 10 heteroatoms. The summed E-state index contributed by atoms with van der Waals surface area (Å²) in [5.41, 5.74) is -1.49. The van der Waals surface area contributed by atoms with Gasteiger partial charge in [0.1, 0.15) is 0 Å². The van der Waals surface area contributed by atoms with Crippen LogP contribution in [0.5, 0.6) is 5.88 Å². The van der Waals surface area contributed by atoms with Crippen LogP contribution in [0.3, 0.4) is 0 Å². The molecule has 1 aromatic rings. The number of pyridine rings is 1. The third-order valence-electron chi connectivity index (χ3n) is 3.65. The minimum Gasteiger partial charge on any atom is -0.417 e. The van der Waals surface area contributed by atoms with Crippen molar-refractivity contribution in [3.05, 3.63) is 23.9 Å². The highest BCUT2D eigenvalue weighted by Gasteiger charge is 2.67. The summed E-state index contributed by atoms with van der Waals surface area (Å²) in [6.45, 7) is -2.05. The van der Waals surface area contributed by atoms with E-state index in [-0.39, 0.29) is 18.8 Å². The molecule has 0 radical (unpaired) electrons. The van der Waals surface area contributed by atoms with Gasteiger partial charge >= 0.3 is 18.8 Å². The minimum absolute atomic E-state index is 0.0661. The normalized spacial score (nSPS) is 23.5. The van der Waals surface area contributed by atoms with Crippen molar-refractivity contribution in [1.29, 1.82) is 0 Å². The Hall–Kier alpha value is -2.13. The number of carbonyl (C=O) groups is 1. The summed E-state index contributed by atoms with van der Waals surface area (Å²) in [6.07, 6.45) is -3.34. The van der Waals surface area contributed by atoms with Gasteiger partial charge in [-0.15, -0.1) is 0 Å². The van der Waals surface area contributed by atoms with Gasteiger partial charge in [0.2, 0.25) is 5.88 Å². The predicted molar refractivity (Wildman–Crippen MR) is 68.8 cm³/mol. The lowest BCUT2D eigenvalue weighted by Crippen LogP contribution is -2.40. The van der Waals surface area contributed by atoms with Gasteiger partial charge in [0, 0.05) is 24.8 Å². The smallest absolute Gasteiger partial charge is 0.396 e. The summed E-state index contributed by atoms with van der Waals surface area (Å²) in [7, 11) is 0. The van der Waals surface area contributed by atoms with Crippen LogP contribution in [0, 0.1) is 5.41 Å². The molecule has 0 spiro atoms. The maximum atomic E-state index is 12.7. The first kappa shape index (κ1) is 17.2. The van der Waals surface area contributed by atoms with E-state index in [2.05, 4.69) is 20.4 Å². The van der Waals surface area contributed by atoms with Gasteiger partial charge in [0.25, 0.3) is 0 Å². The molecule has 23 heavy (non-hydrogen) atoms. The van der Waals surface area contributed by atoms with Gasteiger partial charge in [-0.3, -0.25) is 0 Å². The zero-order valence-corrected chi connectivity index (χ0v) is 12.0. The summed E-state index contributed by atoms with van der Waals surface area (Å²) in [5, 5.41) is 4.58. The van der Waals surface area contributed by atoms with Crippen LogP contribution in [0.2, 0.25) is 0 Å². The first-order valence-electron chi connectivity index (χ1n) is 6.62. The number of carbonyl (C=O) groups excluding carboxylic acids is 1. The second-order valence-electron chi connectivity index (χ2n) is 5.38. The lowest BCUT2D eigenvalue weighted by atomic mass is 10.1. The summed E-state index contributed by atoms with van der Waals surface area (Å²) in [4.78, 5) is 15.1. The van der Waals surface area contributed by atoms with Gasteiger partial charge in [0.05, 0.1) is 5.41 Å². The number of hydrogen-bond donors (Lipinski definition) is 2. The van der Waals surface area contributed by atoms with E-state index in [4.69, 9.17) is 0 Å². The molecule has 1 aromatic heterocycles. The molecule has 0 saturated heterocycles. The van der Waals surface area contributed by atoms with Crippen LogP contribution in [-0.4, -0.2) is 29.8 Å². The first-order chi connectivity index (χ1) is 10.6. The van der Waals surface area contributed by atoms with E-state index in [9.17, 15) is 26.7 Å². The molecule has 2 unspecified atom stereocenters. The number of urea groups is 1. The molecule has 1 aliphatic rings. The van der Waals surface area contributed by atoms with Crippen molar-refractivity contribution in [2.45, 2.75) is 38.7 Å². The summed E-state index contributed by atoms with van der Waals surface area (Å²) in [6, 6.07) is 0.910. The summed E-state index contributed by atoms with van der Waals surface area (Å²) < 4.78 is 66.2. The minimum atomic E-state index is -4.38. The number of nitrogens with zero attached hydrogens (tertiary/aromatic N) is 1. The van der Waals surface area contributed by atoms with Gasteiger partial charge < -0.3 is 15.4 Å². The molecule has 1 saturated carbocycles. The standard InChI is InChI=1S/C13H14F5N3O2/c1-12(13(16,17)18)5-8(12)21-11(22)20-6-7-2-3-19-9(4-7)23-10(14)15/h2-4,8,10H,5-6H2,1H3,(H2,20,21,22). The number of ether oxygens (including phenoxy) is 1. The van der Waals surface area contributed by atoms with Crippen LogP contribution in [-0.2, 0) is 6.54 Å². The molecule has 5 nitrogen and oxygen atoms in total. The number of hydrogen-bond acceptors (Lipinski definition) is 3. The number of aromatic nitrogens is 1. The Morgan fingerprint density at radius 2 is 2.22 bits per heavy atom. The van der Waals surface area contributed by atoms with E-state index in [1.807, 2.05) is 0 Å². The monoisotopic (exact) mass is 339 g/mol. The molecule has 0 bridgehead atoms.